The van der Waals surface area contributed by atoms with Crippen LogP contribution in [0.1, 0.15) is 5.69 Å². The highest BCUT2D eigenvalue weighted by molar-refractivity contribution is 5.64. The first-order valence-electron chi connectivity index (χ1n) is 5.16. The third-order valence-electron chi connectivity index (χ3n) is 2.60. The monoisotopic (exact) mass is 220 g/mol. The zero-order valence-electron chi connectivity index (χ0n) is 8.91. The van der Waals surface area contributed by atoms with Gasteiger partial charge in [-0.1, -0.05) is 0 Å². The van der Waals surface area contributed by atoms with Crippen LogP contribution in [0.4, 0.5) is 0 Å². The number of aromatic nitrogens is 3. The maximum atomic E-state index is 8.69. The molecule has 0 amide bonds. The highest BCUT2D eigenvalue weighted by Crippen LogP contribution is 2.18. The smallest absolute Gasteiger partial charge is 0.140 e. The minimum absolute atomic E-state index is 0.428. The Morgan fingerprint density at radius 2 is 1.94 bits per heavy atom. The third-order valence-corrected chi connectivity index (χ3v) is 2.60. The fourth-order valence-corrected chi connectivity index (χ4v) is 1.72. The fraction of sp³-hybridized carbons (Fsp3) is 0. The largest absolute Gasteiger partial charge is 0.306 e. The SMILES string of the molecule is N#Cc1ccc(-c2ccc3nccn3c2)cn1. The Labute approximate surface area is 97.8 Å². The first-order chi connectivity index (χ1) is 8.36. The Hall–Kier alpha value is -2.67. The Balaban J connectivity index is 2.10. The van der Waals surface area contributed by atoms with Gasteiger partial charge in [0.2, 0.25) is 0 Å². The number of pyridine rings is 2. The van der Waals surface area contributed by atoms with Gasteiger partial charge in [-0.3, -0.25) is 0 Å². The van der Waals surface area contributed by atoms with Crippen molar-refractivity contribution in [2.75, 3.05) is 0 Å². The summed E-state index contributed by atoms with van der Waals surface area (Å²) in [5, 5.41) is 8.69. The van der Waals surface area contributed by atoms with Gasteiger partial charge in [0.25, 0.3) is 0 Å². The number of nitrogens with zero attached hydrogens (tertiary/aromatic N) is 4. The summed E-state index contributed by atoms with van der Waals surface area (Å²) in [6.45, 7) is 0. The summed E-state index contributed by atoms with van der Waals surface area (Å²) in [5.41, 5.74) is 3.37. The highest BCUT2D eigenvalue weighted by atomic mass is 15.0. The van der Waals surface area contributed by atoms with Gasteiger partial charge in [0.05, 0.1) is 0 Å². The molecule has 0 aliphatic rings. The molecule has 0 unspecified atom stereocenters. The van der Waals surface area contributed by atoms with Crippen molar-refractivity contribution in [1.29, 1.82) is 5.26 Å². The van der Waals surface area contributed by atoms with Gasteiger partial charge in [-0.05, 0) is 29.8 Å². The topological polar surface area (TPSA) is 54.0 Å². The van der Waals surface area contributed by atoms with Crippen molar-refractivity contribution in [1.82, 2.24) is 14.4 Å². The second-order valence-electron chi connectivity index (χ2n) is 3.65. The molecular weight excluding hydrogens is 212 g/mol. The molecule has 3 heterocycles. The van der Waals surface area contributed by atoms with E-state index >= 15 is 0 Å². The van der Waals surface area contributed by atoms with Crippen LogP contribution in [0.15, 0.2) is 49.1 Å². The van der Waals surface area contributed by atoms with E-state index in [9.17, 15) is 0 Å². The van der Waals surface area contributed by atoms with Crippen molar-refractivity contribution in [3.8, 4) is 17.2 Å². The Kier molecular flexibility index (Phi) is 2.09. The lowest BCUT2D eigenvalue weighted by Crippen LogP contribution is -1.87. The normalized spacial score (nSPS) is 10.3. The van der Waals surface area contributed by atoms with E-state index in [0.717, 1.165) is 16.8 Å². The van der Waals surface area contributed by atoms with Gasteiger partial charge < -0.3 is 4.40 Å². The van der Waals surface area contributed by atoms with Crippen LogP contribution in [0.5, 0.6) is 0 Å². The van der Waals surface area contributed by atoms with Crippen molar-refractivity contribution < 1.29 is 0 Å². The summed E-state index contributed by atoms with van der Waals surface area (Å²) in [5.74, 6) is 0. The van der Waals surface area contributed by atoms with Crippen LogP contribution in [0, 0.1) is 11.3 Å². The van der Waals surface area contributed by atoms with Crippen LogP contribution in [-0.4, -0.2) is 14.4 Å². The van der Waals surface area contributed by atoms with Crippen molar-refractivity contribution in [2.24, 2.45) is 0 Å². The lowest BCUT2D eigenvalue weighted by molar-refractivity contribution is 1.18. The predicted octanol–water partition coefficient (Wildman–Crippen LogP) is 2.27. The van der Waals surface area contributed by atoms with E-state index in [1.807, 2.05) is 41.1 Å². The average Bonchev–Trinajstić information content (AvgIpc) is 2.86. The lowest BCUT2D eigenvalue weighted by atomic mass is 10.1. The van der Waals surface area contributed by atoms with Crippen molar-refractivity contribution in [3.63, 3.8) is 0 Å². The van der Waals surface area contributed by atoms with Crippen LogP contribution in [-0.2, 0) is 0 Å². The number of hydrogen-bond donors (Lipinski definition) is 0. The first kappa shape index (κ1) is 9.55. The average molecular weight is 220 g/mol. The van der Waals surface area contributed by atoms with E-state index in [4.69, 9.17) is 5.26 Å². The van der Waals surface area contributed by atoms with E-state index in [1.165, 1.54) is 0 Å². The van der Waals surface area contributed by atoms with Crippen LogP contribution in [0.25, 0.3) is 16.8 Å². The summed E-state index contributed by atoms with van der Waals surface area (Å²) < 4.78 is 1.95. The Morgan fingerprint density at radius 3 is 2.71 bits per heavy atom. The zero-order chi connectivity index (χ0) is 11.7. The summed E-state index contributed by atoms with van der Waals surface area (Å²) >= 11 is 0. The number of rotatable bonds is 1. The van der Waals surface area contributed by atoms with E-state index < -0.39 is 0 Å². The highest BCUT2D eigenvalue weighted by Gasteiger charge is 2.00. The van der Waals surface area contributed by atoms with Gasteiger partial charge in [-0.25, -0.2) is 9.97 Å². The number of fused-ring (bicyclic) bond motifs is 1. The maximum Gasteiger partial charge on any atom is 0.140 e. The van der Waals surface area contributed by atoms with E-state index in [1.54, 1.807) is 18.5 Å². The molecular formula is C13H8N4. The van der Waals surface area contributed by atoms with Gasteiger partial charge in [0.15, 0.2) is 0 Å². The molecule has 17 heavy (non-hydrogen) atoms. The molecule has 3 aromatic heterocycles. The Bertz CT molecular complexity index is 704. The number of hydrogen-bond acceptors (Lipinski definition) is 3. The number of imidazole rings is 1. The third kappa shape index (κ3) is 1.64. The van der Waals surface area contributed by atoms with Crippen LogP contribution in [0.2, 0.25) is 0 Å². The Morgan fingerprint density at radius 1 is 1.06 bits per heavy atom. The first-order valence-corrected chi connectivity index (χ1v) is 5.16. The summed E-state index contributed by atoms with van der Waals surface area (Å²) in [6.07, 6.45) is 7.36. The molecule has 4 nitrogen and oxygen atoms in total. The molecule has 3 aromatic rings. The molecule has 0 saturated carbocycles. The van der Waals surface area contributed by atoms with Crippen molar-refractivity contribution in [3.05, 3.63) is 54.7 Å². The summed E-state index contributed by atoms with van der Waals surface area (Å²) in [7, 11) is 0. The molecule has 0 N–H and O–H groups in total. The van der Waals surface area contributed by atoms with Crippen LogP contribution in [0.3, 0.4) is 0 Å². The second kappa shape index (κ2) is 3.72. The van der Waals surface area contributed by atoms with Crippen molar-refractivity contribution in [2.45, 2.75) is 0 Å². The van der Waals surface area contributed by atoms with Gasteiger partial charge in [-0.2, -0.15) is 5.26 Å². The van der Waals surface area contributed by atoms with E-state index in [0.29, 0.717) is 5.69 Å². The maximum absolute atomic E-state index is 8.69. The molecule has 0 aliphatic carbocycles. The molecule has 0 fully saturated rings. The van der Waals surface area contributed by atoms with Gasteiger partial charge in [0, 0.05) is 30.4 Å². The molecule has 0 aliphatic heterocycles. The van der Waals surface area contributed by atoms with Gasteiger partial charge in [0.1, 0.15) is 17.4 Å². The molecule has 0 bridgehead atoms. The van der Waals surface area contributed by atoms with Crippen LogP contribution < -0.4 is 0 Å². The minimum atomic E-state index is 0.428. The summed E-state index contributed by atoms with van der Waals surface area (Å²) in [4.78, 5) is 8.24. The minimum Gasteiger partial charge on any atom is -0.306 e. The van der Waals surface area contributed by atoms with Crippen LogP contribution >= 0.6 is 0 Å². The molecule has 0 atom stereocenters. The molecule has 0 saturated heterocycles. The lowest BCUT2D eigenvalue weighted by Gasteiger charge is -2.02. The zero-order valence-corrected chi connectivity index (χ0v) is 8.91. The summed E-state index contributed by atoms with van der Waals surface area (Å²) in [6, 6.07) is 9.56. The molecule has 0 radical (unpaired) electrons. The number of nitriles is 1. The quantitative estimate of drug-likeness (QED) is 0.632. The molecule has 4 heteroatoms. The fourth-order valence-electron chi connectivity index (χ4n) is 1.72. The molecule has 3 rings (SSSR count). The molecule has 80 valence electrons. The van der Waals surface area contributed by atoms with Gasteiger partial charge in [-0.15, -0.1) is 0 Å². The van der Waals surface area contributed by atoms with E-state index in [-0.39, 0.29) is 0 Å². The molecule has 0 spiro atoms. The second-order valence-corrected chi connectivity index (χ2v) is 3.65. The standard InChI is InChI=1S/C13H8N4/c14-7-12-3-1-10(8-16-12)11-2-4-13-15-5-6-17(13)9-11/h1-6,8-9H. The molecule has 0 aromatic carbocycles. The van der Waals surface area contributed by atoms with Crippen molar-refractivity contribution >= 4 is 5.65 Å². The van der Waals surface area contributed by atoms with Gasteiger partial charge >= 0.3 is 0 Å². The predicted molar refractivity (Wildman–Crippen MR) is 63.1 cm³/mol. The van der Waals surface area contributed by atoms with E-state index in [2.05, 4.69) is 9.97 Å².